The Morgan fingerprint density at radius 1 is 0.966 bits per heavy atom. The van der Waals surface area contributed by atoms with Gasteiger partial charge in [-0.2, -0.15) is 0 Å². The summed E-state index contributed by atoms with van der Waals surface area (Å²) in [5.41, 5.74) is 3.08. The first-order chi connectivity index (χ1) is 14.0. The lowest BCUT2D eigenvalue weighted by atomic mass is 9.73. The van der Waals surface area contributed by atoms with Crippen molar-refractivity contribution in [3.05, 3.63) is 69.9 Å². The minimum absolute atomic E-state index is 0.0334. The van der Waals surface area contributed by atoms with Crippen LogP contribution in [0.25, 0.3) is 0 Å². The largest absolute Gasteiger partial charge is 0.497 e. The number of ether oxygens (including phenoxy) is 2. The number of halogens is 1. The average Bonchev–Trinajstić information content (AvgIpc) is 2.72. The molecule has 0 fully saturated rings. The van der Waals surface area contributed by atoms with E-state index in [2.05, 4.69) is 5.32 Å². The second kappa shape index (κ2) is 7.91. The SMILES string of the molecule is COc1ccc(OC)c([C@H]2CC(=O)NC3=C2C(=O)C[C@@H](c2ccccc2Cl)C3)c1. The summed E-state index contributed by atoms with van der Waals surface area (Å²) in [7, 11) is 3.17. The standard InChI is InChI=1S/C23H22ClNO4/c1-28-14-7-8-21(29-2)16(11-14)17-12-22(27)25-19-9-13(10-20(26)23(17)19)15-5-3-4-6-18(15)24/h3-8,11,13,17H,9-10,12H2,1-2H3,(H,25,27)/t13-,17+/m0/s1. The Kier molecular flexibility index (Phi) is 5.33. The fourth-order valence-electron chi connectivity index (χ4n) is 4.36. The summed E-state index contributed by atoms with van der Waals surface area (Å²) in [6, 6.07) is 13.0. The predicted octanol–water partition coefficient (Wildman–Crippen LogP) is 4.36. The minimum Gasteiger partial charge on any atom is -0.497 e. The smallest absolute Gasteiger partial charge is 0.225 e. The van der Waals surface area contributed by atoms with Gasteiger partial charge < -0.3 is 14.8 Å². The van der Waals surface area contributed by atoms with Crippen molar-refractivity contribution in [2.24, 2.45) is 0 Å². The van der Waals surface area contributed by atoms with Crippen LogP contribution in [-0.4, -0.2) is 25.9 Å². The number of carbonyl (C=O) groups is 2. The van der Waals surface area contributed by atoms with Crippen LogP contribution in [0.4, 0.5) is 0 Å². The lowest BCUT2D eigenvalue weighted by Gasteiger charge is -2.35. The maximum atomic E-state index is 13.2. The van der Waals surface area contributed by atoms with Gasteiger partial charge in [-0.25, -0.2) is 0 Å². The van der Waals surface area contributed by atoms with Crippen LogP contribution >= 0.6 is 11.6 Å². The quantitative estimate of drug-likeness (QED) is 0.811. The number of ketones is 1. The zero-order chi connectivity index (χ0) is 20.5. The van der Waals surface area contributed by atoms with Gasteiger partial charge in [-0.15, -0.1) is 0 Å². The van der Waals surface area contributed by atoms with Crippen LogP contribution in [0.5, 0.6) is 11.5 Å². The monoisotopic (exact) mass is 411 g/mol. The molecule has 0 radical (unpaired) electrons. The van der Waals surface area contributed by atoms with Crippen LogP contribution in [-0.2, 0) is 9.59 Å². The van der Waals surface area contributed by atoms with E-state index in [9.17, 15) is 9.59 Å². The van der Waals surface area contributed by atoms with E-state index in [4.69, 9.17) is 21.1 Å². The number of allylic oxidation sites excluding steroid dienone is 2. The van der Waals surface area contributed by atoms with Gasteiger partial charge in [0, 0.05) is 40.6 Å². The molecule has 1 aliphatic carbocycles. The number of hydrogen-bond acceptors (Lipinski definition) is 4. The van der Waals surface area contributed by atoms with Crippen LogP contribution in [0.1, 0.15) is 42.2 Å². The van der Waals surface area contributed by atoms with Crippen LogP contribution in [0.2, 0.25) is 5.02 Å². The lowest BCUT2D eigenvalue weighted by Crippen LogP contribution is -2.38. The molecule has 1 amide bonds. The number of Topliss-reactive ketones (excluding diaryl/α,β-unsaturated/α-hetero) is 1. The van der Waals surface area contributed by atoms with Gasteiger partial charge in [0.05, 0.1) is 14.2 Å². The van der Waals surface area contributed by atoms with Crippen molar-refractivity contribution < 1.29 is 19.1 Å². The second-order valence-corrected chi connectivity index (χ2v) is 7.76. The highest BCUT2D eigenvalue weighted by Crippen LogP contribution is 2.46. The molecule has 1 aliphatic heterocycles. The number of rotatable bonds is 4. The van der Waals surface area contributed by atoms with Crippen LogP contribution < -0.4 is 14.8 Å². The molecule has 2 atom stereocenters. The van der Waals surface area contributed by atoms with Crippen molar-refractivity contribution in [3.8, 4) is 11.5 Å². The van der Waals surface area contributed by atoms with E-state index < -0.39 is 0 Å². The van der Waals surface area contributed by atoms with Gasteiger partial charge in [0.15, 0.2) is 5.78 Å². The summed E-state index contributed by atoms with van der Waals surface area (Å²) in [6.45, 7) is 0. The summed E-state index contributed by atoms with van der Waals surface area (Å²) in [4.78, 5) is 25.8. The third kappa shape index (κ3) is 3.62. The number of hydrogen-bond donors (Lipinski definition) is 1. The van der Waals surface area contributed by atoms with E-state index in [1.807, 2.05) is 30.3 Å². The summed E-state index contributed by atoms with van der Waals surface area (Å²) in [5, 5.41) is 3.58. The molecule has 0 spiro atoms. The van der Waals surface area contributed by atoms with Gasteiger partial charge in [0.2, 0.25) is 5.91 Å². The highest BCUT2D eigenvalue weighted by molar-refractivity contribution is 6.31. The summed E-state index contributed by atoms with van der Waals surface area (Å²) >= 11 is 6.36. The second-order valence-electron chi connectivity index (χ2n) is 7.35. The molecule has 150 valence electrons. The molecular formula is C23H22ClNO4. The fraction of sp³-hybridized carbons (Fsp3) is 0.304. The molecule has 4 rings (SSSR count). The number of methoxy groups -OCH3 is 2. The van der Waals surface area contributed by atoms with E-state index in [1.165, 1.54) is 0 Å². The first kappa shape index (κ1) is 19.5. The van der Waals surface area contributed by atoms with Crippen LogP contribution in [0, 0.1) is 0 Å². The zero-order valence-corrected chi connectivity index (χ0v) is 17.1. The molecule has 1 N–H and O–H groups in total. The van der Waals surface area contributed by atoms with Gasteiger partial charge in [-0.3, -0.25) is 9.59 Å². The normalized spacial score (nSPS) is 21.5. The molecule has 2 aromatic rings. The number of nitrogens with one attached hydrogen (secondary N) is 1. The third-order valence-electron chi connectivity index (χ3n) is 5.69. The molecule has 0 saturated heterocycles. The number of carbonyl (C=O) groups excluding carboxylic acids is 2. The predicted molar refractivity (Wildman–Crippen MR) is 111 cm³/mol. The molecule has 0 saturated carbocycles. The Hall–Kier alpha value is -2.79. The van der Waals surface area contributed by atoms with Crippen LogP contribution in [0.15, 0.2) is 53.7 Å². The summed E-state index contributed by atoms with van der Waals surface area (Å²) in [6.07, 6.45) is 1.13. The summed E-state index contributed by atoms with van der Waals surface area (Å²) < 4.78 is 10.9. The molecule has 2 aliphatic rings. The Morgan fingerprint density at radius 3 is 2.48 bits per heavy atom. The molecule has 2 aromatic carbocycles. The highest BCUT2D eigenvalue weighted by Gasteiger charge is 2.39. The number of benzene rings is 2. The highest BCUT2D eigenvalue weighted by atomic mass is 35.5. The van der Waals surface area contributed by atoms with Gasteiger partial charge in [0.25, 0.3) is 0 Å². The maximum Gasteiger partial charge on any atom is 0.225 e. The Balaban J connectivity index is 1.77. The van der Waals surface area contributed by atoms with Gasteiger partial charge in [-0.1, -0.05) is 29.8 Å². The van der Waals surface area contributed by atoms with Crippen molar-refractivity contribution in [1.82, 2.24) is 5.32 Å². The molecule has 0 bridgehead atoms. The lowest BCUT2D eigenvalue weighted by molar-refractivity contribution is -0.122. The molecule has 6 heteroatoms. The maximum absolute atomic E-state index is 13.2. The Bertz CT molecular complexity index is 1010. The van der Waals surface area contributed by atoms with E-state index >= 15 is 0 Å². The molecule has 1 heterocycles. The minimum atomic E-state index is -0.358. The first-order valence-electron chi connectivity index (χ1n) is 9.54. The van der Waals surface area contributed by atoms with E-state index in [0.29, 0.717) is 40.6 Å². The first-order valence-corrected chi connectivity index (χ1v) is 9.92. The average molecular weight is 412 g/mol. The van der Waals surface area contributed by atoms with Gasteiger partial charge in [0.1, 0.15) is 11.5 Å². The molecule has 0 aromatic heterocycles. The Morgan fingerprint density at radius 2 is 1.76 bits per heavy atom. The van der Waals surface area contributed by atoms with Gasteiger partial charge in [-0.05, 0) is 42.2 Å². The number of amides is 1. The van der Waals surface area contributed by atoms with Crippen molar-refractivity contribution in [2.75, 3.05) is 14.2 Å². The van der Waals surface area contributed by atoms with E-state index in [0.717, 1.165) is 11.1 Å². The summed E-state index contributed by atoms with van der Waals surface area (Å²) in [5.74, 6) is 0.812. The van der Waals surface area contributed by atoms with E-state index in [-0.39, 0.29) is 29.9 Å². The third-order valence-corrected chi connectivity index (χ3v) is 6.04. The Labute approximate surface area is 174 Å². The van der Waals surface area contributed by atoms with Crippen molar-refractivity contribution in [2.45, 2.75) is 31.1 Å². The van der Waals surface area contributed by atoms with Crippen molar-refractivity contribution >= 4 is 23.3 Å². The van der Waals surface area contributed by atoms with Gasteiger partial charge >= 0.3 is 0 Å². The van der Waals surface area contributed by atoms with Crippen LogP contribution in [0.3, 0.4) is 0 Å². The van der Waals surface area contributed by atoms with Crippen molar-refractivity contribution in [1.29, 1.82) is 0 Å². The molecular weight excluding hydrogens is 390 g/mol. The topological polar surface area (TPSA) is 64.6 Å². The molecule has 29 heavy (non-hydrogen) atoms. The van der Waals surface area contributed by atoms with E-state index in [1.54, 1.807) is 26.4 Å². The zero-order valence-electron chi connectivity index (χ0n) is 16.3. The fourth-order valence-corrected chi connectivity index (χ4v) is 4.65. The molecule has 0 unspecified atom stereocenters. The van der Waals surface area contributed by atoms with Crippen molar-refractivity contribution in [3.63, 3.8) is 0 Å². The molecule has 5 nitrogen and oxygen atoms in total.